The van der Waals surface area contributed by atoms with Gasteiger partial charge in [-0.05, 0) is 24.3 Å². The fourth-order valence-electron chi connectivity index (χ4n) is 1.29. The minimum Gasteiger partial charge on any atom is -0.486 e. The molecule has 0 aliphatic rings. The number of halogens is 1. The van der Waals surface area contributed by atoms with Crippen molar-refractivity contribution >= 4 is 22.4 Å². The molecule has 0 spiro atoms. The number of benzene rings is 1. The Labute approximate surface area is 119 Å². The largest absolute Gasteiger partial charge is 0.486 e. The molecule has 0 saturated carbocycles. The van der Waals surface area contributed by atoms with E-state index in [0.29, 0.717) is 15.9 Å². The number of ether oxygens (including phenoxy) is 1. The fourth-order valence-corrected chi connectivity index (χ4v) is 1.94. The van der Waals surface area contributed by atoms with Crippen molar-refractivity contribution in [2.45, 2.75) is 20.5 Å². The van der Waals surface area contributed by atoms with Crippen molar-refractivity contribution in [1.82, 2.24) is 10.2 Å². The maximum absolute atomic E-state index is 12.7. The second-order valence-corrected chi connectivity index (χ2v) is 5.45. The SMILES string of the molecule is CC(C)C(=O)Nc1nnc(COc2ccc(F)cc2)s1. The van der Waals surface area contributed by atoms with Crippen molar-refractivity contribution in [3.8, 4) is 5.75 Å². The summed E-state index contributed by atoms with van der Waals surface area (Å²) in [6, 6.07) is 5.73. The number of carbonyl (C=O) groups is 1. The van der Waals surface area contributed by atoms with Crippen LogP contribution in [0.15, 0.2) is 24.3 Å². The molecule has 0 fully saturated rings. The molecule has 7 heteroatoms. The number of amides is 1. The van der Waals surface area contributed by atoms with Gasteiger partial charge in [0.1, 0.15) is 18.2 Å². The Hall–Kier alpha value is -2.02. The molecule has 5 nitrogen and oxygen atoms in total. The van der Waals surface area contributed by atoms with Crippen molar-refractivity contribution in [3.63, 3.8) is 0 Å². The van der Waals surface area contributed by atoms with Gasteiger partial charge in [0.15, 0.2) is 5.01 Å². The molecule has 1 aromatic carbocycles. The maximum atomic E-state index is 12.7. The molecule has 2 rings (SSSR count). The van der Waals surface area contributed by atoms with Gasteiger partial charge in [-0.1, -0.05) is 25.2 Å². The van der Waals surface area contributed by atoms with Gasteiger partial charge in [0.2, 0.25) is 11.0 Å². The van der Waals surface area contributed by atoms with Crippen molar-refractivity contribution < 1.29 is 13.9 Å². The highest BCUT2D eigenvalue weighted by atomic mass is 32.1. The minimum absolute atomic E-state index is 0.104. The third kappa shape index (κ3) is 3.99. The molecule has 106 valence electrons. The molecule has 1 heterocycles. The second kappa shape index (κ2) is 6.42. The average Bonchev–Trinajstić information content (AvgIpc) is 2.85. The van der Waals surface area contributed by atoms with E-state index >= 15 is 0 Å². The van der Waals surface area contributed by atoms with Crippen molar-refractivity contribution in [2.24, 2.45) is 5.92 Å². The summed E-state index contributed by atoms with van der Waals surface area (Å²) in [7, 11) is 0. The molecule has 20 heavy (non-hydrogen) atoms. The van der Waals surface area contributed by atoms with Gasteiger partial charge in [-0.25, -0.2) is 4.39 Å². The molecule has 1 aromatic heterocycles. The lowest BCUT2D eigenvalue weighted by Crippen LogP contribution is -2.17. The predicted molar refractivity (Wildman–Crippen MR) is 74.1 cm³/mol. The summed E-state index contributed by atoms with van der Waals surface area (Å²) in [5, 5.41) is 11.5. The van der Waals surface area contributed by atoms with Gasteiger partial charge in [0, 0.05) is 5.92 Å². The van der Waals surface area contributed by atoms with E-state index in [0.717, 1.165) is 0 Å². The van der Waals surface area contributed by atoms with Crippen LogP contribution in [-0.2, 0) is 11.4 Å². The van der Waals surface area contributed by atoms with Crippen LogP contribution < -0.4 is 10.1 Å². The van der Waals surface area contributed by atoms with E-state index in [1.165, 1.54) is 35.6 Å². The molecule has 0 atom stereocenters. The first-order valence-electron chi connectivity index (χ1n) is 6.06. The lowest BCUT2D eigenvalue weighted by atomic mass is 10.2. The van der Waals surface area contributed by atoms with E-state index in [1.807, 2.05) is 0 Å². The smallest absolute Gasteiger partial charge is 0.228 e. The van der Waals surface area contributed by atoms with E-state index < -0.39 is 0 Å². The highest BCUT2D eigenvalue weighted by Gasteiger charge is 2.11. The molecule has 0 aliphatic carbocycles. The average molecular weight is 295 g/mol. The summed E-state index contributed by atoms with van der Waals surface area (Å²) in [5.74, 6) is 0.0197. The molecule has 0 radical (unpaired) electrons. The van der Waals surface area contributed by atoms with Gasteiger partial charge in [0.25, 0.3) is 0 Å². The Morgan fingerprint density at radius 2 is 2.05 bits per heavy atom. The lowest BCUT2D eigenvalue weighted by Gasteiger charge is -2.03. The van der Waals surface area contributed by atoms with E-state index in [2.05, 4.69) is 15.5 Å². The van der Waals surface area contributed by atoms with E-state index in [4.69, 9.17) is 4.74 Å². The standard InChI is InChI=1S/C13H14FN3O2S/c1-8(2)12(18)15-13-17-16-11(20-13)7-19-10-5-3-9(14)4-6-10/h3-6,8H,7H2,1-2H3,(H,15,17,18). The van der Waals surface area contributed by atoms with E-state index in [1.54, 1.807) is 13.8 Å². The Bertz CT molecular complexity index is 584. The van der Waals surface area contributed by atoms with Crippen LogP contribution in [0.5, 0.6) is 5.75 Å². The zero-order chi connectivity index (χ0) is 14.5. The van der Waals surface area contributed by atoms with Gasteiger partial charge in [-0.2, -0.15) is 0 Å². The fraction of sp³-hybridized carbons (Fsp3) is 0.308. The minimum atomic E-state index is -0.313. The van der Waals surface area contributed by atoms with Crippen LogP contribution in [0, 0.1) is 11.7 Å². The van der Waals surface area contributed by atoms with Crippen LogP contribution in [0.1, 0.15) is 18.9 Å². The van der Waals surface area contributed by atoms with Crippen molar-refractivity contribution in [3.05, 3.63) is 35.1 Å². The van der Waals surface area contributed by atoms with Gasteiger partial charge < -0.3 is 10.1 Å². The lowest BCUT2D eigenvalue weighted by molar-refractivity contribution is -0.118. The summed E-state index contributed by atoms with van der Waals surface area (Å²) < 4.78 is 18.2. The molecule has 0 unspecified atom stereocenters. The molecule has 2 aromatic rings. The summed E-state index contributed by atoms with van der Waals surface area (Å²) in [5.41, 5.74) is 0. The molecule has 1 N–H and O–H groups in total. The van der Waals surface area contributed by atoms with Crippen molar-refractivity contribution in [2.75, 3.05) is 5.32 Å². The topological polar surface area (TPSA) is 64.1 Å². The van der Waals surface area contributed by atoms with Crippen LogP contribution in [0.25, 0.3) is 0 Å². The summed E-state index contributed by atoms with van der Waals surface area (Å²) in [6.45, 7) is 3.82. The van der Waals surface area contributed by atoms with Crippen molar-refractivity contribution in [1.29, 1.82) is 0 Å². The molecular weight excluding hydrogens is 281 g/mol. The van der Waals surface area contributed by atoms with Gasteiger partial charge in [-0.3, -0.25) is 4.79 Å². The Kier molecular flexibility index (Phi) is 4.62. The zero-order valence-corrected chi connectivity index (χ0v) is 11.9. The first kappa shape index (κ1) is 14.4. The third-order valence-electron chi connectivity index (χ3n) is 2.40. The Balaban J connectivity index is 1.89. The summed E-state index contributed by atoms with van der Waals surface area (Å²) in [4.78, 5) is 11.5. The number of nitrogens with one attached hydrogen (secondary N) is 1. The van der Waals surface area contributed by atoms with E-state index in [-0.39, 0.29) is 24.2 Å². The number of carbonyl (C=O) groups excluding carboxylic acids is 1. The molecular formula is C13H14FN3O2S. The quantitative estimate of drug-likeness (QED) is 0.921. The van der Waals surface area contributed by atoms with E-state index in [9.17, 15) is 9.18 Å². The van der Waals surface area contributed by atoms with Crippen LogP contribution in [0.3, 0.4) is 0 Å². The van der Waals surface area contributed by atoms with Gasteiger partial charge >= 0.3 is 0 Å². The Morgan fingerprint density at radius 1 is 1.35 bits per heavy atom. The first-order valence-corrected chi connectivity index (χ1v) is 6.88. The summed E-state index contributed by atoms with van der Waals surface area (Å²) >= 11 is 1.25. The first-order chi connectivity index (χ1) is 9.54. The monoisotopic (exact) mass is 295 g/mol. The number of nitrogens with zero attached hydrogens (tertiary/aromatic N) is 2. The third-order valence-corrected chi connectivity index (χ3v) is 3.21. The number of hydrogen-bond donors (Lipinski definition) is 1. The predicted octanol–water partition coefficient (Wildman–Crippen LogP) is 2.85. The summed E-state index contributed by atoms with van der Waals surface area (Å²) in [6.07, 6.45) is 0. The maximum Gasteiger partial charge on any atom is 0.228 e. The highest BCUT2D eigenvalue weighted by Crippen LogP contribution is 2.19. The number of hydrogen-bond acceptors (Lipinski definition) is 5. The number of aromatic nitrogens is 2. The molecule has 1 amide bonds. The number of rotatable bonds is 5. The number of anilines is 1. The van der Waals surface area contributed by atoms with Crippen LogP contribution in [0.2, 0.25) is 0 Å². The molecule has 0 aliphatic heterocycles. The normalized spacial score (nSPS) is 10.6. The van der Waals surface area contributed by atoms with Gasteiger partial charge in [-0.15, -0.1) is 10.2 Å². The van der Waals surface area contributed by atoms with Crippen LogP contribution in [-0.4, -0.2) is 16.1 Å². The molecule has 0 bridgehead atoms. The highest BCUT2D eigenvalue weighted by molar-refractivity contribution is 7.15. The van der Waals surface area contributed by atoms with Crippen LogP contribution >= 0.6 is 11.3 Å². The Morgan fingerprint density at radius 3 is 2.70 bits per heavy atom. The molecule has 0 saturated heterocycles. The zero-order valence-electron chi connectivity index (χ0n) is 11.1. The van der Waals surface area contributed by atoms with Crippen LogP contribution in [0.4, 0.5) is 9.52 Å². The van der Waals surface area contributed by atoms with Gasteiger partial charge in [0.05, 0.1) is 0 Å². The second-order valence-electron chi connectivity index (χ2n) is 4.39.